The lowest BCUT2D eigenvalue weighted by Gasteiger charge is -2.30. The van der Waals surface area contributed by atoms with Crippen LogP contribution >= 0.6 is 11.3 Å². The van der Waals surface area contributed by atoms with Crippen molar-refractivity contribution in [3.8, 4) is 0 Å². The quantitative estimate of drug-likeness (QED) is 0.869. The number of carbonyl (C=O) groups excluding carboxylic acids is 3. The summed E-state index contributed by atoms with van der Waals surface area (Å²) in [5.41, 5.74) is 1.16. The summed E-state index contributed by atoms with van der Waals surface area (Å²) in [7, 11) is 0. The van der Waals surface area contributed by atoms with E-state index in [2.05, 4.69) is 5.32 Å². The third-order valence-corrected chi connectivity index (χ3v) is 4.59. The second-order valence-electron chi connectivity index (χ2n) is 5.45. The van der Waals surface area contributed by atoms with Gasteiger partial charge in [0.2, 0.25) is 5.91 Å². The monoisotopic (exact) mass is 344 g/mol. The number of benzene rings is 1. The summed E-state index contributed by atoms with van der Waals surface area (Å²) in [6.07, 6.45) is -0.987. The van der Waals surface area contributed by atoms with Gasteiger partial charge in [0.25, 0.3) is 5.91 Å². The van der Waals surface area contributed by atoms with Gasteiger partial charge in [-0.2, -0.15) is 0 Å². The molecule has 1 unspecified atom stereocenters. The van der Waals surface area contributed by atoms with Gasteiger partial charge in [-0.05, 0) is 38.1 Å². The summed E-state index contributed by atoms with van der Waals surface area (Å²) < 4.78 is 5.26. The first kappa shape index (κ1) is 16.2. The lowest BCUT2D eigenvalue weighted by Crippen LogP contribution is -2.47. The fraction of sp³-hybridized carbons (Fsp3) is 0.235. The Hall–Kier alpha value is -2.67. The predicted octanol–water partition coefficient (Wildman–Crippen LogP) is 2.59. The van der Waals surface area contributed by atoms with Crippen LogP contribution in [0.25, 0.3) is 0 Å². The van der Waals surface area contributed by atoms with Crippen molar-refractivity contribution in [3.05, 3.63) is 46.2 Å². The number of anilines is 2. The maximum Gasteiger partial charge on any atom is 0.349 e. The number of esters is 1. The average Bonchev–Trinajstić information content (AvgIpc) is 3.00. The summed E-state index contributed by atoms with van der Waals surface area (Å²) in [6, 6.07) is 10.5. The molecule has 2 aromatic rings. The number of carbonyl (C=O) groups is 3. The third-order valence-electron chi connectivity index (χ3n) is 3.61. The van der Waals surface area contributed by atoms with E-state index >= 15 is 0 Å². The molecule has 0 saturated heterocycles. The second kappa shape index (κ2) is 6.45. The van der Waals surface area contributed by atoms with Crippen LogP contribution in [0.1, 0.15) is 21.5 Å². The molecule has 0 saturated carbocycles. The van der Waals surface area contributed by atoms with Crippen LogP contribution in [0, 0.1) is 6.92 Å². The number of para-hydroxylation sites is 2. The van der Waals surface area contributed by atoms with Crippen LogP contribution in [-0.2, 0) is 14.3 Å². The van der Waals surface area contributed by atoms with Gasteiger partial charge in [0.1, 0.15) is 11.4 Å². The van der Waals surface area contributed by atoms with Gasteiger partial charge in [0, 0.05) is 4.88 Å². The first-order valence-electron chi connectivity index (χ1n) is 7.43. The number of nitrogens with one attached hydrogen (secondary N) is 1. The maximum absolute atomic E-state index is 12.7. The van der Waals surface area contributed by atoms with E-state index in [-0.39, 0.29) is 12.5 Å². The zero-order chi connectivity index (χ0) is 17.3. The molecule has 1 aromatic carbocycles. The predicted molar refractivity (Wildman–Crippen MR) is 91.4 cm³/mol. The molecule has 2 heterocycles. The van der Waals surface area contributed by atoms with Gasteiger partial charge in [0.15, 0.2) is 6.10 Å². The van der Waals surface area contributed by atoms with Gasteiger partial charge in [-0.15, -0.1) is 11.3 Å². The molecule has 0 fully saturated rings. The molecule has 0 bridgehead atoms. The van der Waals surface area contributed by atoms with E-state index in [1.807, 2.05) is 13.0 Å². The molecular formula is C17H16N2O4S. The highest BCUT2D eigenvalue weighted by molar-refractivity contribution is 7.13. The van der Waals surface area contributed by atoms with Crippen molar-refractivity contribution < 1.29 is 19.1 Å². The minimum Gasteiger partial charge on any atom is -0.448 e. The number of nitrogens with zero attached hydrogens (tertiary/aromatic N) is 1. The molecule has 124 valence electrons. The summed E-state index contributed by atoms with van der Waals surface area (Å²) in [5.74, 6) is -1.25. The van der Waals surface area contributed by atoms with Gasteiger partial charge in [-0.25, -0.2) is 4.79 Å². The van der Waals surface area contributed by atoms with Crippen LogP contribution in [0.3, 0.4) is 0 Å². The normalized spacial score (nSPS) is 14.6. The van der Waals surface area contributed by atoms with Crippen molar-refractivity contribution in [2.45, 2.75) is 20.0 Å². The Morgan fingerprint density at radius 3 is 2.71 bits per heavy atom. The fourth-order valence-electron chi connectivity index (χ4n) is 2.46. The highest BCUT2D eigenvalue weighted by Gasteiger charge is 2.31. The molecule has 1 aromatic heterocycles. The Balaban J connectivity index is 1.76. The molecule has 1 aliphatic heterocycles. The summed E-state index contributed by atoms with van der Waals surface area (Å²) in [6.45, 7) is 3.30. The number of hydrogen-bond acceptors (Lipinski definition) is 5. The Labute approximate surface area is 143 Å². The van der Waals surface area contributed by atoms with E-state index in [9.17, 15) is 14.4 Å². The molecule has 6 nitrogen and oxygen atoms in total. The van der Waals surface area contributed by atoms with Crippen LogP contribution in [-0.4, -0.2) is 30.4 Å². The lowest BCUT2D eigenvalue weighted by atomic mass is 10.1. The van der Waals surface area contributed by atoms with Crippen molar-refractivity contribution in [1.82, 2.24) is 0 Å². The number of fused-ring (bicyclic) bond motifs is 1. The average molecular weight is 344 g/mol. The van der Waals surface area contributed by atoms with Crippen molar-refractivity contribution in [3.63, 3.8) is 0 Å². The number of ether oxygens (including phenoxy) is 1. The Kier molecular flexibility index (Phi) is 4.35. The molecule has 3 rings (SSSR count). The largest absolute Gasteiger partial charge is 0.448 e. The van der Waals surface area contributed by atoms with Crippen molar-refractivity contribution in [1.29, 1.82) is 0 Å². The minimum absolute atomic E-state index is 0.101. The number of thiophene rings is 1. The van der Waals surface area contributed by atoms with Crippen LogP contribution in [0.2, 0.25) is 0 Å². The van der Waals surface area contributed by atoms with Crippen LogP contribution in [0.5, 0.6) is 0 Å². The van der Waals surface area contributed by atoms with Crippen molar-refractivity contribution in [2.75, 3.05) is 16.8 Å². The molecule has 7 heteroatoms. The van der Waals surface area contributed by atoms with E-state index in [1.54, 1.807) is 30.3 Å². The number of hydrogen-bond donors (Lipinski definition) is 1. The fourth-order valence-corrected chi connectivity index (χ4v) is 3.21. The van der Waals surface area contributed by atoms with Crippen molar-refractivity contribution in [2.24, 2.45) is 0 Å². The molecule has 2 amide bonds. The first-order valence-corrected chi connectivity index (χ1v) is 8.25. The molecule has 1 atom stereocenters. The number of rotatable bonds is 3. The highest BCUT2D eigenvalue weighted by Crippen LogP contribution is 2.29. The summed E-state index contributed by atoms with van der Waals surface area (Å²) in [5, 5.41) is 2.71. The van der Waals surface area contributed by atoms with E-state index in [4.69, 9.17) is 4.74 Å². The Bertz CT molecular complexity index is 814. The van der Waals surface area contributed by atoms with Crippen LogP contribution in [0.4, 0.5) is 11.4 Å². The molecule has 1 aliphatic rings. The topological polar surface area (TPSA) is 75.7 Å². The molecule has 24 heavy (non-hydrogen) atoms. The maximum atomic E-state index is 12.7. The van der Waals surface area contributed by atoms with Gasteiger partial charge in [-0.1, -0.05) is 12.1 Å². The van der Waals surface area contributed by atoms with E-state index in [0.29, 0.717) is 16.3 Å². The van der Waals surface area contributed by atoms with E-state index < -0.39 is 18.0 Å². The minimum atomic E-state index is -0.987. The van der Waals surface area contributed by atoms with Gasteiger partial charge >= 0.3 is 5.97 Å². The summed E-state index contributed by atoms with van der Waals surface area (Å²) in [4.78, 5) is 39.3. The first-order chi connectivity index (χ1) is 11.5. The molecular weight excluding hydrogens is 328 g/mol. The van der Waals surface area contributed by atoms with Crippen LogP contribution < -0.4 is 10.2 Å². The van der Waals surface area contributed by atoms with Gasteiger partial charge in [0.05, 0.1) is 11.4 Å². The SMILES string of the molecule is Cc1ccc(C(=O)OC(C)C(=O)N2CC(=O)Nc3ccccc32)s1. The van der Waals surface area contributed by atoms with Gasteiger partial charge in [-0.3, -0.25) is 14.5 Å². The van der Waals surface area contributed by atoms with Crippen LogP contribution in [0.15, 0.2) is 36.4 Å². The smallest absolute Gasteiger partial charge is 0.349 e. The molecule has 0 radical (unpaired) electrons. The molecule has 0 aliphatic carbocycles. The van der Waals surface area contributed by atoms with Gasteiger partial charge < -0.3 is 10.1 Å². The third kappa shape index (κ3) is 3.16. The van der Waals surface area contributed by atoms with E-state index in [1.165, 1.54) is 23.2 Å². The van der Waals surface area contributed by atoms with E-state index in [0.717, 1.165) is 4.88 Å². The second-order valence-corrected chi connectivity index (χ2v) is 6.74. The standard InChI is InChI=1S/C17H16N2O4S/c1-10-7-8-14(24-10)17(22)23-11(2)16(21)19-9-15(20)18-12-5-3-4-6-13(12)19/h3-8,11H,9H2,1-2H3,(H,18,20). The molecule has 0 spiro atoms. The molecule has 1 N–H and O–H groups in total. The highest BCUT2D eigenvalue weighted by atomic mass is 32.1. The zero-order valence-electron chi connectivity index (χ0n) is 13.2. The summed E-state index contributed by atoms with van der Waals surface area (Å²) >= 11 is 1.31. The van der Waals surface area contributed by atoms with Crippen molar-refractivity contribution >= 4 is 40.5 Å². The lowest BCUT2D eigenvalue weighted by molar-refractivity contribution is -0.128. The number of aryl methyl sites for hydroxylation is 1. The Morgan fingerprint density at radius 2 is 2.00 bits per heavy atom. The Morgan fingerprint density at radius 1 is 1.25 bits per heavy atom. The number of amides is 2. The zero-order valence-corrected chi connectivity index (χ0v) is 14.1.